The molecule has 2 rings (SSSR count). The number of hydrogen-bond donors (Lipinski definition) is 0. The first kappa shape index (κ1) is 15.1. The molecule has 1 fully saturated rings. The predicted octanol–water partition coefficient (Wildman–Crippen LogP) is 3.23. The van der Waals surface area contributed by atoms with Gasteiger partial charge in [-0.05, 0) is 42.8 Å². The average molecular weight is 343 g/mol. The van der Waals surface area contributed by atoms with Crippen molar-refractivity contribution in [2.24, 2.45) is 0 Å². The van der Waals surface area contributed by atoms with Gasteiger partial charge in [-0.1, -0.05) is 0 Å². The number of amides is 1. The first-order chi connectivity index (χ1) is 9.33. The Kier molecular flexibility index (Phi) is 4.52. The molecule has 1 unspecified atom stereocenters. The summed E-state index contributed by atoms with van der Waals surface area (Å²) in [6, 6.07) is 3.68. The molecule has 1 atom stereocenters. The summed E-state index contributed by atoms with van der Waals surface area (Å²) in [5.41, 5.74) is -0.469. The maximum atomic E-state index is 11.9. The minimum absolute atomic E-state index is 0.0313. The molecular weight excluding hydrogens is 324 g/mol. The van der Waals surface area contributed by atoms with E-state index in [1.165, 1.54) is 0 Å². The monoisotopic (exact) mass is 342 g/mol. The number of rotatable bonds is 2. The maximum absolute atomic E-state index is 11.9. The lowest BCUT2D eigenvalue weighted by Gasteiger charge is -2.24. The van der Waals surface area contributed by atoms with Crippen LogP contribution in [0.5, 0.6) is 5.88 Å². The van der Waals surface area contributed by atoms with Crippen molar-refractivity contribution in [2.75, 3.05) is 13.1 Å². The molecule has 1 saturated heterocycles. The number of halogens is 1. The molecule has 1 aromatic heterocycles. The van der Waals surface area contributed by atoms with Crippen LogP contribution >= 0.6 is 15.9 Å². The van der Waals surface area contributed by atoms with Gasteiger partial charge in [-0.3, -0.25) is 0 Å². The zero-order chi connectivity index (χ0) is 14.8. The summed E-state index contributed by atoms with van der Waals surface area (Å²) in [4.78, 5) is 17.8. The van der Waals surface area contributed by atoms with Gasteiger partial charge in [0.05, 0.1) is 6.54 Å². The van der Waals surface area contributed by atoms with Crippen LogP contribution < -0.4 is 4.74 Å². The molecule has 1 aliphatic rings. The Morgan fingerprint density at radius 2 is 2.20 bits per heavy atom. The summed E-state index contributed by atoms with van der Waals surface area (Å²) < 4.78 is 12.0. The predicted molar refractivity (Wildman–Crippen MR) is 78.8 cm³/mol. The largest absolute Gasteiger partial charge is 0.472 e. The first-order valence-electron chi connectivity index (χ1n) is 6.59. The van der Waals surface area contributed by atoms with Crippen molar-refractivity contribution >= 4 is 22.0 Å². The van der Waals surface area contributed by atoms with Crippen molar-refractivity contribution in [3.05, 3.63) is 22.8 Å². The fourth-order valence-corrected chi connectivity index (χ4v) is 2.15. The highest BCUT2D eigenvalue weighted by molar-refractivity contribution is 9.10. The second kappa shape index (κ2) is 5.99. The van der Waals surface area contributed by atoms with Crippen LogP contribution in [0.4, 0.5) is 4.79 Å². The van der Waals surface area contributed by atoms with Gasteiger partial charge in [0.25, 0.3) is 0 Å². The number of pyridine rings is 1. The number of aromatic nitrogens is 1. The molecule has 110 valence electrons. The summed E-state index contributed by atoms with van der Waals surface area (Å²) in [5, 5.41) is 0. The van der Waals surface area contributed by atoms with Crippen molar-refractivity contribution in [2.45, 2.75) is 38.9 Å². The van der Waals surface area contributed by atoms with Crippen LogP contribution in [0, 0.1) is 0 Å². The highest BCUT2D eigenvalue weighted by Crippen LogP contribution is 2.20. The van der Waals surface area contributed by atoms with Crippen molar-refractivity contribution < 1.29 is 14.3 Å². The molecule has 0 radical (unpaired) electrons. The lowest BCUT2D eigenvalue weighted by molar-refractivity contribution is 0.0275. The molecule has 6 heteroatoms. The molecule has 20 heavy (non-hydrogen) atoms. The summed E-state index contributed by atoms with van der Waals surface area (Å²) in [7, 11) is 0. The Hall–Kier alpha value is -1.30. The number of likely N-dealkylation sites (tertiary alicyclic amines) is 1. The molecule has 0 N–H and O–H groups in total. The van der Waals surface area contributed by atoms with E-state index in [1.807, 2.05) is 26.8 Å². The van der Waals surface area contributed by atoms with Gasteiger partial charge in [0, 0.05) is 29.7 Å². The SMILES string of the molecule is CC(C)(C)OC(=O)N1CCC(Oc2ccc(Br)cn2)C1. The molecule has 0 bridgehead atoms. The topological polar surface area (TPSA) is 51.7 Å². The van der Waals surface area contributed by atoms with Crippen molar-refractivity contribution in [1.82, 2.24) is 9.88 Å². The van der Waals surface area contributed by atoms with E-state index < -0.39 is 5.60 Å². The van der Waals surface area contributed by atoms with Crippen LogP contribution in [0.2, 0.25) is 0 Å². The molecule has 1 aromatic rings. The van der Waals surface area contributed by atoms with Crippen LogP contribution in [0.1, 0.15) is 27.2 Å². The quantitative estimate of drug-likeness (QED) is 0.827. The summed E-state index contributed by atoms with van der Waals surface area (Å²) >= 11 is 3.33. The lowest BCUT2D eigenvalue weighted by Crippen LogP contribution is -2.36. The van der Waals surface area contributed by atoms with E-state index in [4.69, 9.17) is 9.47 Å². The second-order valence-corrected chi connectivity index (χ2v) is 6.69. The van der Waals surface area contributed by atoms with E-state index in [1.54, 1.807) is 17.2 Å². The van der Waals surface area contributed by atoms with Crippen molar-refractivity contribution in [1.29, 1.82) is 0 Å². The molecule has 1 aliphatic heterocycles. The van der Waals surface area contributed by atoms with Gasteiger partial charge >= 0.3 is 6.09 Å². The van der Waals surface area contributed by atoms with Gasteiger partial charge in [0.2, 0.25) is 5.88 Å². The van der Waals surface area contributed by atoms with E-state index in [-0.39, 0.29) is 12.2 Å². The normalized spacial score (nSPS) is 19.0. The Bertz CT molecular complexity index is 470. The van der Waals surface area contributed by atoms with Crippen LogP contribution in [0.25, 0.3) is 0 Å². The van der Waals surface area contributed by atoms with Gasteiger partial charge in [-0.15, -0.1) is 0 Å². The highest BCUT2D eigenvalue weighted by atomic mass is 79.9. The Morgan fingerprint density at radius 1 is 1.45 bits per heavy atom. The van der Waals surface area contributed by atoms with Crippen molar-refractivity contribution in [3.8, 4) is 5.88 Å². The van der Waals surface area contributed by atoms with E-state index in [0.29, 0.717) is 19.0 Å². The Balaban J connectivity index is 1.86. The smallest absolute Gasteiger partial charge is 0.410 e. The molecule has 0 aromatic carbocycles. The zero-order valence-corrected chi connectivity index (χ0v) is 13.5. The molecule has 5 nitrogen and oxygen atoms in total. The van der Waals surface area contributed by atoms with Crippen LogP contribution in [0.3, 0.4) is 0 Å². The van der Waals surface area contributed by atoms with Gasteiger partial charge < -0.3 is 14.4 Å². The van der Waals surface area contributed by atoms with E-state index in [9.17, 15) is 4.79 Å². The fourth-order valence-electron chi connectivity index (χ4n) is 1.92. The number of carbonyl (C=O) groups excluding carboxylic acids is 1. The van der Waals surface area contributed by atoms with Crippen LogP contribution in [0.15, 0.2) is 22.8 Å². The minimum Gasteiger partial charge on any atom is -0.472 e. The summed E-state index contributed by atoms with van der Waals surface area (Å²) in [6.07, 6.45) is 2.16. The Labute approximate surface area is 127 Å². The van der Waals surface area contributed by atoms with Gasteiger partial charge in [0.1, 0.15) is 11.7 Å². The molecule has 2 heterocycles. The van der Waals surface area contributed by atoms with Gasteiger partial charge in [0.15, 0.2) is 0 Å². The first-order valence-corrected chi connectivity index (χ1v) is 7.39. The van der Waals surface area contributed by atoms with E-state index >= 15 is 0 Å². The molecule has 1 amide bonds. The standard InChI is InChI=1S/C14H19BrN2O3/c1-14(2,3)20-13(18)17-7-6-11(9-17)19-12-5-4-10(15)8-16-12/h4-5,8,11H,6-7,9H2,1-3H3. The molecule has 0 spiro atoms. The summed E-state index contributed by atoms with van der Waals surface area (Å²) in [6.45, 7) is 6.77. The third-order valence-electron chi connectivity index (χ3n) is 2.78. The molecular formula is C14H19BrN2O3. The zero-order valence-electron chi connectivity index (χ0n) is 11.9. The van der Waals surface area contributed by atoms with Crippen LogP contribution in [-0.2, 0) is 4.74 Å². The van der Waals surface area contributed by atoms with E-state index in [2.05, 4.69) is 20.9 Å². The third kappa shape index (κ3) is 4.37. The number of nitrogens with zero attached hydrogens (tertiary/aromatic N) is 2. The van der Waals surface area contributed by atoms with Gasteiger partial charge in [-0.2, -0.15) is 0 Å². The summed E-state index contributed by atoms with van der Waals surface area (Å²) in [5.74, 6) is 0.573. The second-order valence-electron chi connectivity index (χ2n) is 5.77. The highest BCUT2D eigenvalue weighted by Gasteiger charge is 2.30. The van der Waals surface area contributed by atoms with E-state index in [0.717, 1.165) is 10.9 Å². The molecule has 0 saturated carbocycles. The number of hydrogen-bond acceptors (Lipinski definition) is 4. The third-order valence-corrected chi connectivity index (χ3v) is 3.25. The van der Waals surface area contributed by atoms with Crippen molar-refractivity contribution in [3.63, 3.8) is 0 Å². The molecule has 0 aliphatic carbocycles. The fraction of sp³-hybridized carbons (Fsp3) is 0.571. The van der Waals surface area contributed by atoms with Crippen LogP contribution in [-0.4, -0.2) is 40.8 Å². The number of carbonyl (C=O) groups is 1. The Morgan fingerprint density at radius 3 is 2.80 bits per heavy atom. The van der Waals surface area contributed by atoms with Gasteiger partial charge in [-0.25, -0.2) is 9.78 Å². The average Bonchev–Trinajstić information content (AvgIpc) is 2.79. The lowest BCUT2D eigenvalue weighted by atomic mass is 10.2. The number of ether oxygens (including phenoxy) is 2. The maximum Gasteiger partial charge on any atom is 0.410 e. The minimum atomic E-state index is -0.469.